The molecule has 7 heteroatoms. The van der Waals surface area contributed by atoms with Gasteiger partial charge < -0.3 is 15.0 Å². The summed E-state index contributed by atoms with van der Waals surface area (Å²) in [7, 11) is 0. The Morgan fingerprint density at radius 2 is 2.27 bits per heavy atom. The molecule has 1 aliphatic heterocycles. The van der Waals surface area contributed by atoms with E-state index < -0.39 is 11.9 Å². The third-order valence-electron chi connectivity index (χ3n) is 3.96. The van der Waals surface area contributed by atoms with Crippen molar-refractivity contribution in [1.29, 1.82) is 0 Å². The smallest absolute Gasteiger partial charge is 0.308 e. The average Bonchev–Trinajstić information content (AvgIpc) is 3.10. The molecule has 2 heterocycles. The van der Waals surface area contributed by atoms with E-state index >= 15 is 0 Å². The van der Waals surface area contributed by atoms with E-state index in [0.717, 1.165) is 0 Å². The third kappa shape index (κ3) is 2.93. The van der Waals surface area contributed by atoms with Crippen molar-refractivity contribution in [3.63, 3.8) is 0 Å². The summed E-state index contributed by atoms with van der Waals surface area (Å²) < 4.78 is 13.1. The summed E-state index contributed by atoms with van der Waals surface area (Å²) in [6, 6.07) is 4.30. The van der Waals surface area contributed by atoms with Crippen LogP contribution in [0.2, 0.25) is 0 Å². The predicted molar refractivity (Wildman–Crippen MR) is 76.7 cm³/mol. The van der Waals surface area contributed by atoms with Gasteiger partial charge in [0, 0.05) is 25.9 Å². The van der Waals surface area contributed by atoms with Gasteiger partial charge in [0.25, 0.3) is 0 Å². The highest BCUT2D eigenvalue weighted by Crippen LogP contribution is 2.18. The number of aromatic amines is 1. The van der Waals surface area contributed by atoms with Gasteiger partial charge in [-0.25, -0.2) is 9.37 Å². The Hall–Kier alpha value is -2.44. The molecule has 1 aliphatic rings. The lowest BCUT2D eigenvalue weighted by Crippen LogP contribution is -2.30. The summed E-state index contributed by atoms with van der Waals surface area (Å²) in [6.07, 6.45) is 1.18. The number of rotatable bonds is 4. The molecule has 2 N–H and O–H groups in total. The number of carbonyl (C=O) groups is 2. The molecule has 1 atom stereocenters. The molecule has 1 aromatic carbocycles. The second-order valence-corrected chi connectivity index (χ2v) is 5.51. The van der Waals surface area contributed by atoms with Gasteiger partial charge in [0.05, 0.1) is 17.0 Å². The van der Waals surface area contributed by atoms with Crippen molar-refractivity contribution in [3.8, 4) is 0 Å². The number of H-pyrrole nitrogens is 1. The number of carboxylic acids is 1. The number of benzene rings is 1. The Labute approximate surface area is 125 Å². The Morgan fingerprint density at radius 3 is 3.00 bits per heavy atom. The van der Waals surface area contributed by atoms with E-state index in [4.69, 9.17) is 5.11 Å². The number of carboxylic acid groups (broad SMARTS) is 1. The van der Waals surface area contributed by atoms with Crippen molar-refractivity contribution >= 4 is 22.9 Å². The van der Waals surface area contributed by atoms with Crippen LogP contribution in [-0.4, -0.2) is 44.9 Å². The standard InChI is InChI=1S/C15H16FN3O3/c16-10-1-2-11-12(7-10)18-13(17-11)3-4-14(20)19-6-5-9(8-19)15(21)22/h1-2,7,9H,3-6,8H2,(H,17,18)(H,21,22). The zero-order valence-corrected chi connectivity index (χ0v) is 11.9. The van der Waals surface area contributed by atoms with E-state index in [9.17, 15) is 14.0 Å². The number of nitrogens with one attached hydrogen (secondary N) is 1. The summed E-state index contributed by atoms with van der Waals surface area (Å²) >= 11 is 0. The summed E-state index contributed by atoms with van der Waals surface area (Å²) in [5.41, 5.74) is 1.27. The van der Waals surface area contributed by atoms with Gasteiger partial charge in [-0.05, 0) is 24.6 Å². The van der Waals surface area contributed by atoms with Gasteiger partial charge >= 0.3 is 5.97 Å². The molecule has 0 bridgehead atoms. The Kier molecular flexibility index (Phi) is 3.79. The molecule has 116 valence electrons. The van der Waals surface area contributed by atoms with Crippen LogP contribution in [0.1, 0.15) is 18.7 Å². The monoisotopic (exact) mass is 305 g/mol. The quantitative estimate of drug-likeness (QED) is 0.897. The summed E-state index contributed by atoms with van der Waals surface area (Å²) in [4.78, 5) is 31.9. The minimum absolute atomic E-state index is 0.0737. The second kappa shape index (κ2) is 5.75. The van der Waals surface area contributed by atoms with Gasteiger partial charge in [-0.15, -0.1) is 0 Å². The molecule has 6 nitrogen and oxygen atoms in total. The van der Waals surface area contributed by atoms with Crippen molar-refractivity contribution in [2.45, 2.75) is 19.3 Å². The molecule has 3 rings (SSSR count). The molecule has 0 radical (unpaired) electrons. The van der Waals surface area contributed by atoms with Crippen LogP contribution in [0, 0.1) is 11.7 Å². The lowest BCUT2D eigenvalue weighted by Gasteiger charge is -2.15. The van der Waals surface area contributed by atoms with E-state index in [0.29, 0.717) is 36.2 Å². The molecule has 0 saturated carbocycles. The zero-order valence-electron chi connectivity index (χ0n) is 11.9. The number of amides is 1. The van der Waals surface area contributed by atoms with Crippen molar-refractivity contribution in [1.82, 2.24) is 14.9 Å². The van der Waals surface area contributed by atoms with E-state index in [-0.39, 0.29) is 24.7 Å². The molecule has 1 aromatic heterocycles. The first-order valence-electron chi connectivity index (χ1n) is 7.17. The fraction of sp³-hybridized carbons (Fsp3) is 0.400. The maximum atomic E-state index is 13.1. The number of nitrogens with zero attached hydrogens (tertiary/aromatic N) is 2. The van der Waals surface area contributed by atoms with Gasteiger partial charge in [-0.1, -0.05) is 0 Å². The van der Waals surface area contributed by atoms with Crippen molar-refractivity contribution in [3.05, 3.63) is 29.8 Å². The van der Waals surface area contributed by atoms with Gasteiger partial charge in [0.2, 0.25) is 5.91 Å². The minimum Gasteiger partial charge on any atom is -0.481 e. The number of fused-ring (bicyclic) bond motifs is 1. The fourth-order valence-electron chi connectivity index (χ4n) is 2.72. The topological polar surface area (TPSA) is 86.3 Å². The molecule has 22 heavy (non-hydrogen) atoms. The van der Waals surface area contributed by atoms with E-state index in [2.05, 4.69) is 9.97 Å². The number of hydrogen-bond donors (Lipinski definition) is 2. The van der Waals surface area contributed by atoms with Gasteiger partial charge in [-0.3, -0.25) is 9.59 Å². The molecule has 1 amide bonds. The number of aliphatic carboxylic acids is 1. The number of likely N-dealkylation sites (tertiary alicyclic amines) is 1. The molecule has 1 saturated heterocycles. The maximum absolute atomic E-state index is 13.1. The highest BCUT2D eigenvalue weighted by atomic mass is 19.1. The molecule has 0 spiro atoms. The lowest BCUT2D eigenvalue weighted by atomic mass is 10.1. The van der Waals surface area contributed by atoms with Crippen molar-refractivity contribution in [2.75, 3.05) is 13.1 Å². The van der Waals surface area contributed by atoms with Crippen LogP contribution < -0.4 is 0 Å². The van der Waals surface area contributed by atoms with Gasteiger partial charge in [-0.2, -0.15) is 0 Å². The number of aromatic nitrogens is 2. The number of carbonyl (C=O) groups excluding carboxylic acids is 1. The molecule has 2 aromatic rings. The summed E-state index contributed by atoms with van der Waals surface area (Å²) in [5.74, 6) is -1.10. The molecule has 1 fully saturated rings. The number of imidazole rings is 1. The maximum Gasteiger partial charge on any atom is 0.308 e. The van der Waals surface area contributed by atoms with Crippen LogP contribution in [-0.2, 0) is 16.0 Å². The van der Waals surface area contributed by atoms with Crippen molar-refractivity contribution < 1.29 is 19.1 Å². The van der Waals surface area contributed by atoms with Crippen molar-refractivity contribution in [2.24, 2.45) is 5.92 Å². The van der Waals surface area contributed by atoms with Crippen LogP contribution in [0.15, 0.2) is 18.2 Å². The van der Waals surface area contributed by atoms with E-state index in [1.54, 1.807) is 11.0 Å². The number of aryl methyl sites for hydroxylation is 1. The highest BCUT2D eigenvalue weighted by Gasteiger charge is 2.30. The first-order valence-corrected chi connectivity index (χ1v) is 7.17. The van der Waals surface area contributed by atoms with E-state index in [1.807, 2.05) is 0 Å². The Morgan fingerprint density at radius 1 is 1.45 bits per heavy atom. The van der Waals surface area contributed by atoms with Crippen LogP contribution in [0.4, 0.5) is 4.39 Å². The number of hydrogen-bond acceptors (Lipinski definition) is 3. The minimum atomic E-state index is -0.852. The highest BCUT2D eigenvalue weighted by molar-refractivity contribution is 5.79. The first kappa shape index (κ1) is 14.5. The fourth-order valence-corrected chi connectivity index (χ4v) is 2.72. The number of halogens is 1. The van der Waals surface area contributed by atoms with Crippen LogP contribution in [0.5, 0.6) is 0 Å². The Bertz CT molecular complexity index is 728. The largest absolute Gasteiger partial charge is 0.481 e. The molecular weight excluding hydrogens is 289 g/mol. The van der Waals surface area contributed by atoms with Gasteiger partial charge in [0.15, 0.2) is 0 Å². The van der Waals surface area contributed by atoms with Gasteiger partial charge in [0.1, 0.15) is 11.6 Å². The average molecular weight is 305 g/mol. The SMILES string of the molecule is O=C(O)C1CCN(C(=O)CCc2nc3ccc(F)cc3[nH]2)C1. The summed E-state index contributed by atoms with van der Waals surface area (Å²) in [6.45, 7) is 0.765. The molecular formula is C15H16FN3O3. The van der Waals surface area contributed by atoms with Crippen LogP contribution in [0.3, 0.4) is 0 Å². The zero-order chi connectivity index (χ0) is 15.7. The lowest BCUT2D eigenvalue weighted by molar-refractivity contribution is -0.141. The molecule has 1 unspecified atom stereocenters. The van der Waals surface area contributed by atoms with Crippen LogP contribution >= 0.6 is 0 Å². The molecule has 0 aliphatic carbocycles. The van der Waals surface area contributed by atoms with E-state index in [1.165, 1.54) is 12.1 Å². The Balaban J connectivity index is 1.59. The normalized spacial score (nSPS) is 18.0. The van der Waals surface area contributed by atoms with Crippen LogP contribution in [0.25, 0.3) is 11.0 Å². The first-order chi connectivity index (χ1) is 10.5. The second-order valence-electron chi connectivity index (χ2n) is 5.51. The third-order valence-corrected chi connectivity index (χ3v) is 3.96. The summed E-state index contributed by atoms with van der Waals surface area (Å²) in [5, 5.41) is 8.94. The predicted octanol–water partition coefficient (Wildman–Crippen LogP) is 1.57.